The average Bonchev–Trinajstić information content (AvgIpc) is 3.02. The van der Waals surface area contributed by atoms with Gasteiger partial charge in [-0.25, -0.2) is 4.79 Å². The van der Waals surface area contributed by atoms with E-state index < -0.39 is 0 Å². The van der Waals surface area contributed by atoms with E-state index in [9.17, 15) is 4.79 Å². The summed E-state index contributed by atoms with van der Waals surface area (Å²) in [6, 6.07) is 12.1. The fraction of sp³-hybridized carbons (Fsp3) is 0.353. The van der Waals surface area contributed by atoms with Gasteiger partial charge in [-0.2, -0.15) is 0 Å². The Morgan fingerprint density at radius 3 is 2.48 bits per heavy atom. The predicted molar refractivity (Wildman–Crippen MR) is 85.6 cm³/mol. The van der Waals surface area contributed by atoms with Crippen molar-refractivity contribution in [2.75, 3.05) is 6.54 Å². The molecule has 2 amide bonds. The van der Waals surface area contributed by atoms with Gasteiger partial charge >= 0.3 is 6.03 Å². The minimum Gasteiger partial charge on any atom is -0.338 e. The van der Waals surface area contributed by atoms with E-state index in [4.69, 9.17) is 0 Å². The van der Waals surface area contributed by atoms with Gasteiger partial charge in [-0.3, -0.25) is 0 Å². The van der Waals surface area contributed by atoms with Crippen LogP contribution in [0.15, 0.2) is 48.8 Å². The summed E-state index contributed by atoms with van der Waals surface area (Å²) in [6.07, 6.45) is 6.11. The van der Waals surface area contributed by atoms with Gasteiger partial charge in [0.25, 0.3) is 0 Å². The number of amides is 2. The van der Waals surface area contributed by atoms with Gasteiger partial charge in [-0.1, -0.05) is 25.5 Å². The Balaban J connectivity index is 1.90. The second-order valence-electron chi connectivity index (χ2n) is 5.16. The zero-order valence-corrected chi connectivity index (χ0v) is 12.7. The van der Waals surface area contributed by atoms with Gasteiger partial charge in [0, 0.05) is 24.6 Å². The van der Waals surface area contributed by atoms with E-state index in [-0.39, 0.29) is 12.1 Å². The number of nitrogens with one attached hydrogen (secondary N) is 2. The Labute approximate surface area is 126 Å². The molecule has 0 aliphatic rings. The van der Waals surface area contributed by atoms with Gasteiger partial charge in [0.05, 0.1) is 6.04 Å². The quantitative estimate of drug-likeness (QED) is 0.782. The van der Waals surface area contributed by atoms with E-state index in [1.54, 1.807) is 0 Å². The van der Waals surface area contributed by atoms with Crippen LogP contribution in [0.25, 0.3) is 5.69 Å². The van der Waals surface area contributed by atoms with Crippen molar-refractivity contribution >= 4 is 6.03 Å². The van der Waals surface area contributed by atoms with Crippen molar-refractivity contribution in [2.45, 2.75) is 32.7 Å². The minimum absolute atomic E-state index is 0.00895. The number of carbonyl (C=O) groups is 1. The molecule has 2 aromatic rings. The lowest BCUT2D eigenvalue weighted by Gasteiger charge is -2.15. The predicted octanol–water partition coefficient (Wildman–Crippen LogP) is 3.64. The number of hydrogen-bond donors (Lipinski definition) is 2. The Morgan fingerprint density at radius 2 is 1.86 bits per heavy atom. The maximum Gasteiger partial charge on any atom is 0.315 e. The Hall–Kier alpha value is -2.23. The summed E-state index contributed by atoms with van der Waals surface area (Å²) in [5.41, 5.74) is 2.21. The van der Waals surface area contributed by atoms with Crippen molar-refractivity contribution < 1.29 is 4.79 Å². The largest absolute Gasteiger partial charge is 0.338 e. The summed E-state index contributed by atoms with van der Waals surface area (Å²) in [5.74, 6) is 0. The van der Waals surface area contributed by atoms with Crippen LogP contribution in [0, 0.1) is 0 Å². The van der Waals surface area contributed by atoms with Crippen LogP contribution in [0.1, 0.15) is 38.3 Å². The zero-order valence-electron chi connectivity index (χ0n) is 12.7. The van der Waals surface area contributed by atoms with Crippen LogP contribution in [0.3, 0.4) is 0 Å². The zero-order chi connectivity index (χ0) is 15.1. The van der Waals surface area contributed by atoms with Crippen LogP contribution in [-0.4, -0.2) is 17.1 Å². The van der Waals surface area contributed by atoms with Gasteiger partial charge in [0.15, 0.2) is 0 Å². The molecule has 2 N–H and O–H groups in total. The summed E-state index contributed by atoms with van der Waals surface area (Å²) < 4.78 is 2.05. The second-order valence-corrected chi connectivity index (χ2v) is 5.16. The molecular weight excluding hydrogens is 262 g/mol. The third-order valence-electron chi connectivity index (χ3n) is 3.46. The highest BCUT2D eigenvalue weighted by Gasteiger charge is 2.08. The van der Waals surface area contributed by atoms with Crippen molar-refractivity contribution in [1.29, 1.82) is 0 Å². The third kappa shape index (κ3) is 4.38. The normalized spacial score (nSPS) is 11.9. The maximum absolute atomic E-state index is 11.7. The molecular formula is C17H23N3O. The molecule has 0 saturated carbocycles. The lowest BCUT2D eigenvalue weighted by atomic mass is 10.1. The van der Waals surface area contributed by atoms with Crippen molar-refractivity contribution in [3.05, 3.63) is 54.4 Å². The van der Waals surface area contributed by atoms with Crippen LogP contribution in [0.5, 0.6) is 0 Å². The first-order valence-corrected chi connectivity index (χ1v) is 7.48. The number of nitrogens with zero attached hydrogens (tertiary/aromatic N) is 1. The summed E-state index contributed by atoms with van der Waals surface area (Å²) in [4.78, 5) is 11.7. The SMILES string of the molecule is CCCCNC(=O)NC(C)c1ccc(-n2cccc2)cc1. The highest BCUT2D eigenvalue weighted by atomic mass is 16.2. The molecule has 0 bridgehead atoms. The van der Waals surface area contributed by atoms with Gasteiger partial charge < -0.3 is 15.2 Å². The van der Waals surface area contributed by atoms with Crippen molar-refractivity contribution in [3.8, 4) is 5.69 Å². The molecule has 1 heterocycles. The van der Waals surface area contributed by atoms with Crippen molar-refractivity contribution in [2.24, 2.45) is 0 Å². The molecule has 0 aliphatic carbocycles. The van der Waals surface area contributed by atoms with Crippen LogP contribution in [0.2, 0.25) is 0 Å². The molecule has 2 rings (SSSR count). The van der Waals surface area contributed by atoms with Gasteiger partial charge in [-0.15, -0.1) is 0 Å². The van der Waals surface area contributed by atoms with Gasteiger partial charge in [-0.05, 0) is 43.2 Å². The second kappa shape index (κ2) is 7.53. The van der Waals surface area contributed by atoms with Gasteiger partial charge in [0.2, 0.25) is 0 Å². The first kappa shape index (κ1) is 15.2. The van der Waals surface area contributed by atoms with Gasteiger partial charge in [0.1, 0.15) is 0 Å². The van der Waals surface area contributed by atoms with E-state index in [1.807, 2.05) is 43.6 Å². The molecule has 1 unspecified atom stereocenters. The summed E-state index contributed by atoms with van der Waals surface area (Å²) in [7, 11) is 0. The highest BCUT2D eigenvalue weighted by molar-refractivity contribution is 5.74. The summed E-state index contributed by atoms with van der Waals surface area (Å²) in [5, 5.41) is 5.82. The fourth-order valence-electron chi connectivity index (χ4n) is 2.15. The molecule has 0 aliphatic heterocycles. The fourth-order valence-corrected chi connectivity index (χ4v) is 2.15. The molecule has 1 aromatic heterocycles. The minimum atomic E-state index is -0.106. The molecule has 0 radical (unpaired) electrons. The monoisotopic (exact) mass is 285 g/mol. The topological polar surface area (TPSA) is 46.1 Å². The van der Waals surface area contributed by atoms with E-state index in [1.165, 1.54) is 0 Å². The molecule has 4 nitrogen and oxygen atoms in total. The van der Waals surface area contributed by atoms with E-state index >= 15 is 0 Å². The number of urea groups is 1. The number of rotatable bonds is 6. The highest BCUT2D eigenvalue weighted by Crippen LogP contribution is 2.15. The molecule has 0 saturated heterocycles. The van der Waals surface area contributed by atoms with E-state index in [0.29, 0.717) is 0 Å². The lowest BCUT2D eigenvalue weighted by Crippen LogP contribution is -2.37. The summed E-state index contributed by atoms with van der Waals surface area (Å²) in [6.45, 7) is 4.82. The van der Waals surface area contributed by atoms with E-state index in [2.05, 4.69) is 34.3 Å². The van der Waals surface area contributed by atoms with Crippen LogP contribution >= 0.6 is 0 Å². The van der Waals surface area contributed by atoms with E-state index in [0.717, 1.165) is 30.6 Å². The molecule has 1 aromatic carbocycles. The maximum atomic E-state index is 11.7. The van der Waals surface area contributed by atoms with Crippen LogP contribution < -0.4 is 10.6 Å². The standard InChI is InChI=1S/C17H23N3O/c1-3-4-11-18-17(21)19-14(2)15-7-9-16(10-8-15)20-12-5-6-13-20/h5-10,12-14H,3-4,11H2,1-2H3,(H2,18,19,21). The first-order valence-electron chi connectivity index (χ1n) is 7.48. The van der Waals surface area contributed by atoms with Crippen LogP contribution in [0.4, 0.5) is 4.79 Å². The number of benzene rings is 1. The first-order chi connectivity index (χ1) is 10.2. The summed E-state index contributed by atoms with van der Waals surface area (Å²) >= 11 is 0. The number of unbranched alkanes of at least 4 members (excludes halogenated alkanes) is 1. The van der Waals surface area contributed by atoms with Crippen molar-refractivity contribution in [3.63, 3.8) is 0 Å². The molecule has 0 fully saturated rings. The smallest absolute Gasteiger partial charge is 0.315 e. The Kier molecular flexibility index (Phi) is 5.43. The molecule has 112 valence electrons. The average molecular weight is 285 g/mol. The molecule has 1 atom stereocenters. The number of aromatic nitrogens is 1. The Morgan fingerprint density at radius 1 is 1.19 bits per heavy atom. The lowest BCUT2D eigenvalue weighted by molar-refractivity contribution is 0.238. The third-order valence-corrected chi connectivity index (χ3v) is 3.46. The molecule has 0 spiro atoms. The Bertz CT molecular complexity index is 546. The molecule has 4 heteroatoms. The number of carbonyl (C=O) groups excluding carboxylic acids is 1. The van der Waals surface area contributed by atoms with Crippen LogP contribution in [-0.2, 0) is 0 Å². The van der Waals surface area contributed by atoms with Crippen molar-refractivity contribution in [1.82, 2.24) is 15.2 Å². The molecule has 21 heavy (non-hydrogen) atoms. The number of hydrogen-bond acceptors (Lipinski definition) is 1.